The molecule has 0 saturated heterocycles. The van der Waals surface area contributed by atoms with Gasteiger partial charge in [-0.3, -0.25) is 14.6 Å². The second kappa shape index (κ2) is 7.53. The highest BCUT2D eigenvalue weighted by Gasteiger charge is 2.13. The summed E-state index contributed by atoms with van der Waals surface area (Å²) >= 11 is 1.81. The topological polar surface area (TPSA) is 34.0 Å². The molecule has 3 aromatic rings. The fraction of sp³-hybridized carbons (Fsp3) is 0.333. The van der Waals surface area contributed by atoms with Gasteiger partial charge in [-0.15, -0.1) is 11.3 Å². The van der Waals surface area contributed by atoms with Crippen molar-refractivity contribution >= 4 is 11.3 Å². The summed E-state index contributed by atoms with van der Waals surface area (Å²) in [4.78, 5) is 8.07. The molecule has 3 aromatic heterocycles. The van der Waals surface area contributed by atoms with E-state index in [1.54, 1.807) is 0 Å². The number of aryl methyl sites for hydroxylation is 1. The van der Waals surface area contributed by atoms with Crippen molar-refractivity contribution in [2.24, 2.45) is 0 Å². The molecular formula is C18H22N4S. The molecule has 3 heterocycles. The molecule has 0 unspecified atom stereocenters. The molecule has 120 valence electrons. The maximum Gasteiger partial charge on any atom is 0.0537 e. The summed E-state index contributed by atoms with van der Waals surface area (Å²) in [5.74, 6) is 0. The van der Waals surface area contributed by atoms with E-state index in [1.165, 1.54) is 21.7 Å². The molecule has 0 amide bonds. The average Bonchev–Trinajstić information content (AvgIpc) is 3.19. The van der Waals surface area contributed by atoms with Gasteiger partial charge in [-0.25, -0.2) is 0 Å². The monoisotopic (exact) mass is 326 g/mol. The second-order valence-electron chi connectivity index (χ2n) is 5.66. The highest BCUT2D eigenvalue weighted by molar-refractivity contribution is 7.09. The Bertz CT molecular complexity index is 719. The Labute approximate surface area is 141 Å². The van der Waals surface area contributed by atoms with Crippen molar-refractivity contribution in [3.05, 3.63) is 69.9 Å². The first-order valence-corrected chi connectivity index (χ1v) is 8.79. The molecule has 0 aliphatic carbocycles. The molecule has 0 atom stereocenters. The van der Waals surface area contributed by atoms with E-state index in [-0.39, 0.29) is 0 Å². The van der Waals surface area contributed by atoms with Crippen LogP contribution in [0.1, 0.15) is 28.6 Å². The van der Waals surface area contributed by atoms with Crippen molar-refractivity contribution in [1.29, 1.82) is 0 Å². The molecule has 0 saturated carbocycles. The van der Waals surface area contributed by atoms with E-state index < -0.39 is 0 Å². The normalized spacial score (nSPS) is 11.3. The lowest BCUT2D eigenvalue weighted by Crippen LogP contribution is -2.22. The molecule has 0 aliphatic rings. The second-order valence-corrected chi connectivity index (χ2v) is 6.69. The summed E-state index contributed by atoms with van der Waals surface area (Å²) < 4.78 is 2.06. The molecule has 0 bridgehead atoms. The van der Waals surface area contributed by atoms with Crippen LogP contribution in [-0.2, 0) is 26.2 Å². The van der Waals surface area contributed by atoms with Gasteiger partial charge in [0.1, 0.15) is 0 Å². The summed E-state index contributed by atoms with van der Waals surface area (Å²) in [5.41, 5.74) is 3.80. The van der Waals surface area contributed by atoms with Gasteiger partial charge in [0.15, 0.2) is 0 Å². The van der Waals surface area contributed by atoms with Crippen LogP contribution in [0.3, 0.4) is 0 Å². The smallest absolute Gasteiger partial charge is 0.0537 e. The van der Waals surface area contributed by atoms with Crippen LogP contribution >= 0.6 is 11.3 Å². The van der Waals surface area contributed by atoms with Crippen LogP contribution in [0.2, 0.25) is 0 Å². The lowest BCUT2D eigenvalue weighted by Gasteiger charge is -2.21. The first-order valence-electron chi connectivity index (χ1n) is 7.91. The van der Waals surface area contributed by atoms with Gasteiger partial charge in [0.25, 0.3) is 0 Å². The van der Waals surface area contributed by atoms with Gasteiger partial charge in [0.05, 0.1) is 6.20 Å². The van der Waals surface area contributed by atoms with Crippen LogP contribution in [0.15, 0.2) is 48.2 Å². The van der Waals surface area contributed by atoms with Crippen LogP contribution in [0, 0.1) is 6.92 Å². The first-order chi connectivity index (χ1) is 11.3. The molecule has 0 N–H and O–H groups in total. The van der Waals surface area contributed by atoms with E-state index >= 15 is 0 Å². The fourth-order valence-electron chi connectivity index (χ4n) is 2.74. The van der Waals surface area contributed by atoms with E-state index in [2.05, 4.69) is 57.1 Å². The van der Waals surface area contributed by atoms with Crippen LogP contribution in [0.4, 0.5) is 0 Å². The summed E-state index contributed by atoms with van der Waals surface area (Å²) in [6.07, 6.45) is 5.77. The van der Waals surface area contributed by atoms with Crippen LogP contribution < -0.4 is 0 Å². The van der Waals surface area contributed by atoms with Crippen molar-refractivity contribution in [2.45, 2.75) is 40.0 Å². The summed E-state index contributed by atoms with van der Waals surface area (Å²) in [5, 5.41) is 6.61. The molecule has 0 fully saturated rings. The van der Waals surface area contributed by atoms with Crippen molar-refractivity contribution in [1.82, 2.24) is 19.7 Å². The van der Waals surface area contributed by atoms with E-state index in [0.717, 1.165) is 26.2 Å². The highest BCUT2D eigenvalue weighted by atomic mass is 32.1. The van der Waals surface area contributed by atoms with Gasteiger partial charge in [0.2, 0.25) is 0 Å². The molecule has 0 aliphatic heterocycles. The minimum absolute atomic E-state index is 0.891. The van der Waals surface area contributed by atoms with Crippen molar-refractivity contribution in [3.63, 3.8) is 0 Å². The molecule has 3 rings (SSSR count). The van der Waals surface area contributed by atoms with Gasteiger partial charge >= 0.3 is 0 Å². The lowest BCUT2D eigenvalue weighted by atomic mass is 10.2. The summed E-state index contributed by atoms with van der Waals surface area (Å²) in [6, 6.07) is 8.45. The standard InChI is InChI=1S/C18H22N4S/c1-3-22-15(2)17(11-20-22)13-21(14-18-7-5-9-23-18)12-16-6-4-8-19-10-16/h4-11H,3,12-14H2,1-2H3. The number of rotatable bonds is 7. The Balaban J connectivity index is 1.77. The quantitative estimate of drug-likeness (QED) is 0.661. The van der Waals surface area contributed by atoms with Crippen LogP contribution in [0.5, 0.6) is 0 Å². The zero-order chi connectivity index (χ0) is 16.1. The van der Waals surface area contributed by atoms with Gasteiger partial charge in [-0.05, 0) is 36.9 Å². The SMILES string of the molecule is CCn1ncc(CN(Cc2cccnc2)Cc2cccs2)c1C. The third-order valence-electron chi connectivity index (χ3n) is 3.99. The number of thiophene rings is 1. The minimum atomic E-state index is 0.891. The van der Waals surface area contributed by atoms with Gasteiger partial charge in [-0.1, -0.05) is 12.1 Å². The minimum Gasteiger partial charge on any atom is -0.290 e. The highest BCUT2D eigenvalue weighted by Crippen LogP contribution is 2.18. The van der Waals surface area contributed by atoms with Gasteiger partial charge in [0, 0.05) is 54.7 Å². The third-order valence-corrected chi connectivity index (χ3v) is 4.85. The van der Waals surface area contributed by atoms with E-state index in [9.17, 15) is 0 Å². The summed E-state index contributed by atoms with van der Waals surface area (Å²) in [7, 11) is 0. The third kappa shape index (κ3) is 4.06. The zero-order valence-corrected chi connectivity index (χ0v) is 14.5. The number of hydrogen-bond donors (Lipinski definition) is 0. The maximum atomic E-state index is 4.47. The number of pyridine rings is 1. The van der Waals surface area contributed by atoms with Crippen molar-refractivity contribution < 1.29 is 0 Å². The predicted octanol–water partition coefficient (Wildman–Crippen LogP) is 3.87. The molecular weight excluding hydrogens is 304 g/mol. The molecule has 0 spiro atoms. The molecule has 23 heavy (non-hydrogen) atoms. The molecule has 4 nitrogen and oxygen atoms in total. The fourth-order valence-corrected chi connectivity index (χ4v) is 3.49. The number of aromatic nitrogens is 3. The molecule has 5 heteroatoms. The summed E-state index contributed by atoms with van der Waals surface area (Å²) in [6.45, 7) is 7.94. The Morgan fingerprint density at radius 2 is 2.04 bits per heavy atom. The first kappa shape index (κ1) is 15.9. The molecule has 0 radical (unpaired) electrons. The largest absolute Gasteiger partial charge is 0.290 e. The lowest BCUT2D eigenvalue weighted by molar-refractivity contribution is 0.249. The van der Waals surface area contributed by atoms with Crippen LogP contribution in [0.25, 0.3) is 0 Å². The predicted molar refractivity (Wildman–Crippen MR) is 94.1 cm³/mol. The molecule has 0 aromatic carbocycles. The maximum absolute atomic E-state index is 4.47. The Morgan fingerprint density at radius 1 is 1.13 bits per heavy atom. The van der Waals surface area contributed by atoms with Crippen LogP contribution in [-0.4, -0.2) is 19.7 Å². The van der Waals surface area contributed by atoms with Gasteiger partial charge in [-0.2, -0.15) is 5.10 Å². The number of hydrogen-bond acceptors (Lipinski definition) is 4. The Morgan fingerprint density at radius 3 is 2.70 bits per heavy atom. The average molecular weight is 326 g/mol. The van der Waals surface area contributed by atoms with E-state index in [0.29, 0.717) is 0 Å². The Kier molecular flexibility index (Phi) is 5.20. The van der Waals surface area contributed by atoms with Crippen molar-refractivity contribution in [2.75, 3.05) is 0 Å². The van der Waals surface area contributed by atoms with E-state index in [4.69, 9.17) is 0 Å². The number of nitrogens with zero attached hydrogens (tertiary/aromatic N) is 4. The Hall–Kier alpha value is -1.98. The zero-order valence-electron chi connectivity index (χ0n) is 13.6. The van der Waals surface area contributed by atoms with Gasteiger partial charge < -0.3 is 0 Å². The van der Waals surface area contributed by atoms with Crippen molar-refractivity contribution in [3.8, 4) is 0 Å². The van der Waals surface area contributed by atoms with E-state index in [1.807, 2.05) is 36.0 Å².